The van der Waals surface area contributed by atoms with Gasteiger partial charge in [0.15, 0.2) is 0 Å². The van der Waals surface area contributed by atoms with Crippen LogP contribution < -0.4 is 10.2 Å². The maximum absolute atomic E-state index is 13.0. The Morgan fingerprint density at radius 1 is 1.20 bits per heavy atom. The molecule has 1 heterocycles. The van der Waals surface area contributed by atoms with Crippen LogP contribution in [0.15, 0.2) is 36.4 Å². The molecule has 30 heavy (non-hydrogen) atoms. The van der Waals surface area contributed by atoms with Gasteiger partial charge in [0.05, 0.1) is 15.5 Å². The van der Waals surface area contributed by atoms with Crippen LogP contribution in [0.1, 0.15) is 35.7 Å². The molecule has 2 aromatic carbocycles. The first-order valence-electron chi connectivity index (χ1n) is 9.27. The molecule has 10 heteroatoms. The molecule has 0 aliphatic carbocycles. The summed E-state index contributed by atoms with van der Waals surface area (Å²) in [7, 11) is 0. The van der Waals surface area contributed by atoms with Crippen molar-refractivity contribution in [2.45, 2.75) is 25.9 Å². The first-order valence-corrected chi connectivity index (χ1v) is 9.65. The lowest BCUT2D eigenvalue weighted by Gasteiger charge is -2.31. The van der Waals surface area contributed by atoms with E-state index in [1.165, 1.54) is 18.2 Å². The monoisotopic (exact) mass is 441 g/mol. The van der Waals surface area contributed by atoms with Crippen LogP contribution in [0.3, 0.4) is 0 Å². The number of piperidine rings is 1. The molecular formula is C20H19ClF3N3O3. The Morgan fingerprint density at radius 2 is 1.87 bits per heavy atom. The van der Waals surface area contributed by atoms with Gasteiger partial charge in [0.2, 0.25) is 0 Å². The number of halogens is 4. The van der Waals surface area contributed by atoms with Crippen molar-refractivity contribution < 1.29 is 22.9 Å². The number of anilines is 2. The van der Waals surface area contributed by atoms with Crippen LogP contribution in [-0.4, -0.2) is 23.9 Å². The number of carbonyl (C=O) groups excluding carboxylic acids is 1. The summed E-state index contributed by atoms with van der Waals surface area (Å²) in [5.41, 5.74) is -1.02. The SMILES string of the molecule is CC1CCN(c2ccc(C(=O)Nc3ccc(Cl)c(C(F)(F)F)c3)cc2[N+](=O)[O-])CC1. The highest BCUT2D eigenvalue weighted by atomic mass is 35.5. The fourth-order valence-electron chi connectivity index (χ4n) is 3.35. The number of nitro benzene ring substituents is 1. The third-order valence-electron chi connectivity index (χ3n) is 5.09. The Labute approximate surface area is 175 Å². The van der Waals surface area contributed by atoms with Crippen LogP contribution in [0, 0.1) is 16.0 Å². The van der Waals surface area contributed by atoms with Crippen LogP contribution in [0.5, 0.6) is 0 Å². The molecular weight excluding hydrogens is 423 g/mol. The zero-order chi connectivity index (χ0) is 22.1. The molecule has 2 aromatic rings. The molecule has 160 valence electrons. The normalized spacial score (nSPS) is 15.2. The number of hydrogen-bond donors (Lipinski definition) is 1. The highest BCUT2D eigenvalue weighted by Crippen LogP contribution is 2.36. The zero-order valence-corrected chi connectivity index (χ0v) is 16.8. The highest BCUT2D eigenvalue weighted by Gasteiger charge is 2.33. The molecule has 1 N–H and O–H groups in total. The average Bonchev–Trinajstić information content (AvgIpc) is 2.68. The number of nitrogens with one attached hydrogen (secondary N) is 1. The molecule has 0 saturated carbocycles. The maximum Gasteiger partial charge on any atom is 0.417 e. The number of nitrogens with zero attached hydrogens (tertiary/aromatic N) is 2. The smallest absolute Gasteiger partial charge is 0.366 e. The second kappa shape index (κ2) is 8.51. The Morgan fingerprint density at radius 3 is 2.47 bits per heavy atom. The predicted octanol–water partition coefficient (Wildman–Crippen LogP) is 5.76. The molecule has 6 nitrogen and oxygen atoms in total. The summed E-state index contributed by atoms with van der Waals surface area (Å²) in [6, 6.07) is 7.06. The molecule has 0 radical (unpaired) electrons. The molecule has 0 atom stereocenters. The second-order valence-corrected chi connectivity index (χ2v) is 7.68. The van der Waals surface area contributed by atoms with Gasteiger partial charge in [-0.05, 0) is 49.1 Å². The number of benzene rings is 2. The van der Waals surface area contributed by atoms with Crippen molar-refractivity contribution in [1.82, 2.24) is 0 Å². The molecule has 1 amide bonds. The molecule has 0 aromatic heterocycles. The van der Waals surface area contributed by atoms with E-state index in [1.54, 1.807) is 0 Å². The van der Waals surface area contributed by atoms with Crippen LogP contribution in [0.2, 0.25) is 5.02 Å². The minimum absolute atomic E-state index is 0.0284. The van der Waals surface area contributed by atoms with Gasteiger partial charge in [0, 0.05) is 30.4 Å². The second-order valence-electron chi connectivity index (χ2n) is 7.28. The van der Waals surface area contributed by atoms with Gasteiger partial charge >= 0.3 is 6.18 Å². The van der Waals surface area contributed by atoms with Crippen molar-refractivity contribution in [3.8, 4) is 0 Å². The van der Waals surface area contributed by atoms with Crippen molar-refractivity contribution >= 4 is 34.6 Å². The third kappa shape index (κ3) is 4.84. The number of nitro groups is 1. The minimum Gasteiger partial charge on any atom is -0.366 e. The van der Waals surface area contributed by atoms with E-state index in [4.69, 9.17) is 11.6 Å². The molecule has 0 bridgehead atoms. The number of alkyl halides is 3. The Hall–Kier alpha value is -2.81. The predicted molar refractivity (Wildman–Crippen MR) is 108 cm³/mol. The summed E-state index contributed by atoms with van der Waals surface area (Å²) < 4.78 is 39.0. The van der Waals surface area contributed by atoms with E-state index in [1.807, 2.05) is 4.90 Å². The van der Waals surface area contributed by atoms with Crippen molar-refractivity contribution in [3.05, 3.63) is 62.7 Å². The van der Waals surface area contributed by atoms with Crippen molar-refractivity contribution in [3.63, 3.8) is 0 Å². The molecule has 3 rings (SSSR count). The number of carbonyl (C=O) groups is 1. The van der Waals surface area contributed by atoms with Gasteiger partial charge in [0.25, 0.3) is 11.6 Å². The Kier molecular flexibility index (Phi) is 6.21. The summed E-state index contributed by atoms with van der Waals surface area (Å²) in [5.74, 6) is -0.210. The van der Waals surface area contributed by atoms with E-state index >= 15 is 0 Å². The summed E-state index contributed by atoms with van der Waals surface area (Å²) in [6.07, 6.45) is -2.85. The molecule has 0 spiro atoms. The van der Waals surface area contributed by atoms with E-state index in [0.717, 1.165) is 31.0 Å². The summed E-state index contributed by atoms with van der Waals surface area (Å²) in [5, 5.41) is 13.4. The van der Waals surface area contributed by atoms with Crippen molar-refractivity contribution in [2.75, 3.05) is 23.3 Å². The van der Waals surface area contributed by atoms with Crippen LogP contribution in [0.25, 0.3) is 0 Å². The quantitative estimate of drug-likeness (QED) is 0.483. The fourth-order valence-corrected chi connectivity index (χ4v) is 3.58. The van der Waals surface area contributed by atoms with E-state index in [0.29, 0.717) is 24.7 Å². The fraction of sp³-hybridized carbons (Fsp3) is 0.350. The molecule has 1 aliphatic heterocycles. The largest absolute Gasteiger partial charge is 0.417 e. The average molecular weight is 442 g/mol. The standard InChI is InChI=1S/C20H19ClF3N3O3/c1-12-6-8-26(9-7-12)17-5-2-13(10-18(17)27(29)30)19(28)25-14-3-4-16(21)15(11-14)20(22,23)24/h2-5,10-12H,6-9H2,1H3,(H,25,28). The summed E-state index contributed by atoms with van der Waals surface area (Å²) >= 11 is 5.58. The van der Waals surface area contributed by atoms with E-state index < -0.39 is 27.6 Å². The lowest BCUT2D eigenvalue weighted by molar-refractivity contribution is -0.384. The number of hydrogen-bond acceptors (Lipinski definition) is 4. The van der Waals surface area contributed by atoms with E-state index in [9.17, 15) is 28.1 Å². The van der Waals surface area contributed by atoms with Gasteiger partial charge in [-0.2, -0.15) is 13.2 Å². The van der Waals surface area contributed by atoms with Gasteiger partial charge in [-0.1, -0.05) is 18.5 Å². The first-order chi connectivity index (χ1) is 14.1. The highest BCUT2D eigenvalue weighted by molar-refractivity contribution is 6.31. The lowest BCUT2D eigenvalue weighted by atomic mass is 9.98. The van der Waals surface area contributed by atoms with Gasteiger partial charge in [-0.3, -0.25) is 14.9 Å². The van der Waals surface area contributed by atoms with Crippen molar-refractivity contribution in [1.29, 1.82) is 0 Å². The number of amides is 1. The maximum atomic E-state index is 13.0. The third-order valence-corrected chi connectivity index (χ3v) is 5.42. The molecule has 1 fully saturated rings. The van der Waals surface area contributed by atoms with Gasteiger partial charge in [-0.25, -0.2) is 0 Å². The zero-order valence-electron chi connectivity index (χ0n) is 16.0. The number of rotatable bonds is 4. The van der Waals surface area contributed by atoms with Crippen LogP contribution >= 0.6 is 11.6 Å². The summed E-state index contributed by atoms with van der Waals surface area (Å²) in [4.78, 5) is 25.4. The Bertz CT molecular complexity index is 973. The minimum atomic E-state index is -4.68. The van der Waals surface area contributed by atoms with Crippen molar-refractivity contribution in [2.24, 2.45) is 5.92 Å². The van der Waals surface area contributed by atoms with Gasteiger partial charge in [0.1, 0.15) is 5.69 Å². The van der Waals surface area contributed by atoms with E-state index in [-0.39, 0.29) is 16.9 Å². The topological polar surface area (TPSA) is 75.5 Å². The molecule has 1 saturated heterocycles. The lowest BCUT2D eigenvalue weighted by Crippen LogP contribution is -2.33. The van der Waals surface area contributed by atoms with Crippen LogP contribution in [-0.2, 0) is 6.18 Å². The molecule has 1 aliphatic rings. The van der Waals surface area contributed by atoms with E-state index in [2.05, 4.69) is 12.2 Å². The van der Waals surface area contributed by atoms with Gasteiger partial charge < -0.3 is 10.2 Å². The van der Waals surface area contributed by atoms with Gasteiger partial charge in [-0.15, -0.1) is 0 Å². The Balaban J connectivity index is 1.85. The first kappa shape index (κ1) is 21.9. The molecule has 0 unspecified atom stereocenters. The van der Waals surface area contributed by atoms with Crippen LogP contribution in [0.4, 0.5) is 30.2 Å². The summed E-state index contributed by atoms with van der Waals surface area (Å²) in [6.45, 7) is 3.48.